The van der Waals surface area contributed by atoms with Gasteiger partial charge in [-0.2, -0.15) is 0 Å². The Bertz CT molecular complexity index is 669. The lowest BCUT2D eigenvalue weighted by Crippen LogP contribution is -2.46. The van der Waals surface area contributed by atoms with E-state index >= 15 is 4.39 Å². The second-order valence-electron chi connectivity index (χ2n) is 4.99. The van der Waals surface area contributed by atoms with E-state index in [1.807, 2.05) is 4.98 Å². The summed E-state index contributed by atoms with van der Waals surface area (Å²) in [6.45, 7) is -0.0238. The number of aliphatic hydroxyl groups is 1. The molecule has 1 aromatic rings. The molecule has 1 aliphatic rings. The van der Waals surface area contributed by atoms with Gasteiger partial charge in [-0.3, -0.25) is 19.1 Å². The Morgan fingerprint density at radius 2 is 2.32 bits per heavy atom. The van der Waals surface area contributed by atoms with Gasteiger partial charge in [0.15, 0.2) is 18.0 Å². The molecule has 0 spiro atoms. The van der Waals surface area contributed by atoms with Crippen LogP contribution in [0.1, 0.15) is 13.2 Å². The summed E-state index contributed by atoms with van der Waals surface area (Å²) in [5, 5.41) is 9.27. The average Bonchev–Trinajstić information content (AvgIpc) is 2.70. The zero-order chi connectivity index (χ0) is 16.5. The Morgan fingerprint density at radius 3 is 2.86 bits per heavy atom. The maximum Gasteiger partial charge on any atom is 0.330 e. The fourth-order valence-corrected chi connectivity index (χ4v) is 2.34. The third-order valence-electron chi connectivity index (χ3n) is 3.39. The number of ether oxygens (including phenoxy) is 2. The third-order valence-corrected chi connectivity index (χ3v) is 3.39. The number of aromatic nitrogens is 2. The van der Waals surface area contributed by atoms with Crippen LogP contribution in [0.2, 0.25) is 0 Å². The van der Waals surface area contributed by atoms with Gasteiger partial charge in [-0.1, -0.05) is 0 Å². The minimum atomic E-state index is -2.32. The van der Waals surface area contributed by atoms with Crippen molar-refractivity contribution in [3.05, 3.63) is 33.1 Å². The van der Waals surface area contributed by atoms with Crippen LogP contribution in [-0.4, -0.2) is 51.7 Å². The van der Waals surface area contributed by atoms with Crippen LogP contribution in [0.3, 0.4) is 0 Å². The number of H-pyrrole nitrogens is 1. The average molecular weight is 317 g/mol. The van der Waals surface area contributed by atoms with Gasteiger partial charge >= 0.3 is 11.7 Å². The van der Waals surface area contributed by atoms with Crippen molar-refractivity contribution in [2.75, 3.05) is 13.2 Å². The van der Waals surface area contributed by atoms with Gasteiger partial charge in [0.1, 0.15) is 6.10 Å². The smallest absolute Gasteiger partial charge is 0.330 e. The summed E-state index contributed by atoms with van der Waals surface area (Å²) < 4.78 is 26.0. The lowest BCUT2D eigenvalue weighted by atomic mass is 9.98. The van der Waals surface area contributed by atoms with Crippen LogP contribution < -0.4 is 17.0 Å². The van der Waals surface area contributed by atoms with Gasteiger partial charge in [0.2, 0.25) is 0 Å². The molecule has 2 heterocycles. The molecular weight excluding hydrogens is 301 g/mol. The Morgan fingerprint density at radius 1 is 1.64 bits per heavy atom. The molecule has 0 radical (unpaired) electrons. The first-order valence-corrected chi connectivity index (χ1v) is 6.47. The summed E-state index contributed by atoms with van der Waals surface area (Å²) in [6.07, 6.45) is -3.04. The van der Waals surface area contributed by atoms with Gasteiger partial charge < -0.3 is 20.3 Å². The Kier molecular flexibility index (Phi) is 4.44. The highest BCUT2D eigenvalue weighted by Crippen LogP contribution is 2.42. The van der Waals surface area contributed by atoms with E-state index in [0.29, 0.717) is 0 Å². The van der Waals surface area contributed by atoms with Crippen molar-refractivity contribution in [3.63, 3.8) is 0 Å². The highest BCUT2D eigenvalue weighted by molar-refractivity contribution is 5.71. The molecular formula is C12H16FN3O6. The number of hydrogen-bond donors (Lipinski definition) is 3. The Labute approximate surface area is 123 Å². The second-order valence-corrected chi connectivity index (χ2v) is 4.99. The van der Waals surface area contributed by atoms with Gasteiger partial charge in [-0.15, -0.1) is 0 Å². The Hall–Kier alpha value is -2.04. The molecule has 2 rings (SSSR count). The number of alkyl halides is 1. The van der Waals surface area contributed by atoms with E-state index in [9.17, 15) is 19.5 Å². The van der Waals surface area contributed by atoms with E-state index < -0.39 is 54.5 Å². The normalized spacial score (nSPS) is 31.2. The van der Waals surface area contributed by atoms with E-state index in [-0.39, 0.29) is 0 Å². The van der Waals surface area contributed by atoms with Crippen LogP contribution in [0.15, 0.2) is 21.9 Å². The van der Waals surface area contributed by atoms with Crippen LogP contribution in [0.25, 0.3) is 0 Å². The number of hydrogen-bond acceptors (Lipinski definition) is 7. The molecule has 2 unspecified atom stereocenters. The van der Waals surface area contributed by atoms with Crippen LogP contribution in [0.4, 0.5) is 4.39 Å². The number of carbonyl (C=O) groups excluding carboxylic acids is 1. The maximum absolute atomic E-state index is 15.0. The van der Waals surface area contributed by atoms with Crippen molar-refractivity contribution in [1.29, 1.82) is 0 Å². The Balaban J connectivity index is 2.39. The number of nitrogens with two attached hydrogens (primary N) is 1. The molecule has 1 saturated heterocycles. The molecule has 122 valence electrons. The van der Waals surface area contributed by atoms with Gasteiger partial charge in [0, 0.05) is 12.3 Å². The van der Waals surface area contributed by atoms with E-state index in [4.69, 9.17) is 15.2 Å². The summed E-state index contributed by atoms with van der Waals surface area (Å²) in [5.41, 5.74) is 1.26. The van der Waals surface area contributed by atoms with E-state index in [2.05, 4.69) is 0 Å². The molecule has 0 saturated carbocycles. The standard InChI is InChI=1S/C12H16FN3O6/c1-12(13)9(22-8(19)4-14)6(5-17)21-10(12)16-3-2-7(18)15-11(16)20/h2-3,6,9-10,17H,4-5,14H2,1H3,(H,15,18,20)/t6-,9?,10-,12?/m1/s1. The number of aromatic amines is 1. The largest absolute Gasteiger partial charge is 0.455 e. The van der Waals surface area contributed by atoms with E-state index in [0.717, 1.165) is 23.8 Å². The zero-order valence-corrected chi connectivity index (χ0v) is 11.7. The predicted molar refractivity (Wildman–Crippen MR) is 70.8 cm³/mol. The fraction of sp³-hybridized carbons (Fsp3) is 0.583. The SMILES string of the molecule is CC1(F)C(OC(=O)CN)[C@@H](CO)O[C@H]1n1ccc(=O)[nH]c1=O. The highest BCUT2D eigenvalue weighted by atomic mass is 19.1. The molecule has 4 N–H and O–H groups in total. The van der Waals surface area contributed by atoms with Crippen LogP contribution in [-0.2, 0) is 14.3 Å². The summed E-state index contributed by atoms with van der Waals surface area (Å²) in [4.78, 5) is 36.1. The first kappa shape index (κ1) is 16.3. The van der Waals surface area contributed by atoms with E-state index in [1.54, 1.807) is 0 Å². The molecule has 0 bridgehead atoms. The number of nitrogens with one attached hydrogen (secondary N) is 1. The monoisotopic (exact) mass is 317 g/mol. The quantitative estimate of drug-likeness (QED) is 0.548. The number of carbonyl (C=O) groups is 1. The third kappa shape index (κ3) is 2.80. The van der Waals surface area contributed by atoms with Crippen molar-refractivity contribution in [1.82, 2.24) is 9.55 Å². The number of aliphatic hydroxyl groups excluding tert-OH is 1. The van der Waals surface area contributed by atoms with Crippen LogP contribution in [0.5, 0.6) is 0 Å². The first-order valence-electron chi connectivity index (χ1n) is 6.47. The fourth-order valence-electron chi connectivity index (χ4n) is 2.34. The van der Waals surface area contributed by atoms with Gasteiger partial charge in [-0.05, 0) is 6.92 Å². The highest BCUT2D eigenvalue weighted by Gasteiger charge is 2.57. The zero-order valence-electron chi connectivity index (χ0n) is 11.7. The molecule has 9 nitrogen and oxygen atoms in total. The molecule has 1 aromatic heterocycles. The molecule has 22 heavy (non-hydrogen) atoms. The molecule has 0 aromatic carbocycles. The van der Waals surface area contributed by atoms with Crippen molar-refractivity contribution >= 4 is 5.97 Å². The minimum Gasteiger partial charge on any atom is -0.455 e. The van der Waals surface area contributed by atoms with Gasteiger partial charge in [0.05, 0.1) is 13.2 Å². The molecule has 1 fully saturated rings. The molecule has 4 atom stereocenters. The predicted octanol–water partition coefficient (Wildman–Crippen LogP) is -1.97. The van der Waals surface area contributed by atoms with Crippen molar-refractivity contribution < 1.29 is 23.8 Å². The maximum atomic E-state index is 15.0. The topological polar surface area (TPSA) is 137 Å². The number of esters is 1. The molecule has 0 amide bonds. The molecule has 0 aliphatic carbocycles. The summed E-state index contributed by atoms with van der Waals surface area (Å²) in [6, 6.07) is 1.02. The van der Waals surface area contributed by atoms with E-state index in [1.165, 1.54) is 0 Å². The summed E-state index contributed by atoms with van der Waals surface area (Å²) >= 11 is 0. The molecule has 10 heteroatoms. The van der Waals surface area contributed by atoms with Crippen LogP contribution >= 0.6 is 0 Å². The lowest BCUT2D eigenvalue weighted by molar-refractivity contribution is -0.156. The number of halogens is 1. The van der Waals surface area contributed by atoms with Crippen molar-refractivity contribution in [2.24, 2.45) is 5.73 Å². The van der Waals surface area contributed by atoms with Crippen LogP contribution in [0, 0.1) is 0 Å². The summed E-state index contributed by atoms with van der Waals surface area (Å²) in [7, 11) is 0. The second kappa shape index (κ2) is 5.99. The summed E-state index contributed by atoms with van der Waals surface area (Å²) in [5.74, 6) is -0.870. The molecule has 1 aliphatic heterocycles. The van der Waals surface area contributed by atoms with Crippen molar-refractivity contribution in [3.8, 4) is 0 Å². The van der Waals surface area contributed by atoms with Crippen molar-refractivity contribution in [2.45, 2.75) is 31.0 Å². The van der Waals surface area contributed by atoms with Gasteiger partial charge in [0.25, 0.3) is 5.56 Å². The number of rotatable bonds is 4. The first-order chi connectivity index (χ1) is 10.3. The minimum absolute atomic E-state index is 0.464. The van der Waals surface area contributed by atoms with Gasteiger partial charge in [-0.25, -0.2) is 9.18 Å². The lowest BCUT2D eigenvalue weighted by Gasteiger charge is -2.27. The number of nitrogens with zero attached hydrogens (tertiary/aromatic N) is 1.